The molecule has 1 heterocycles. The van der Waals surface area contributed by atoms with Crippen molar-refractivity contribution in [2.75, 3.05) is 16.6 Å². The van der Waals surface area contributed by atoms with E-state index in [1.165, 1.54) is 16.4 Å². The molecule has 4 nitrogen and oxygen atoms in total. The highest BCUT2D eigenvalue weighted by molar-refractivity contribution is 7.92. The molecule has 0 amide bonds. The Balaban J connectivity index is 2.16. The number of nitrogens with two attached hydrogens (primary N) is 1. The minimum absolute atomic E-state index is 0.289. The van der Waals surface area contributed by atoms with E-state index in [9.17, 15) is 12.8 Å². The molecule has 116 valence electrons. The third-order valence-electron chi connectivity index (χ3n) is 3.90. The fourth-order valence-electron chi connectivity index (χ4n) is 2.79. The minimum Gasteiger partial charge on any atom is -0.398 e. The van der Waals surface area contributed by atoms with Crippen molar-refractivity contribution in [3.05, 3.63) is 53.3 Å². The molecule has 0 aliphatic carbocycles. The van der Waals surface area contributed by atoms with E-state index in [4.69, 9.17) is 5.73 Å². The first-order chi connectivity index (χ1) is 10.4. The Morgan fingerprint density at radius 2 is 2.00 bits per heavy atom. The van der Waals surface area contributed by atoms with Crippen molar-refractivity contribution in [1.82, 2.24) is 0 Å². The van der Waals surface area contributed by atoms with Crippen molar-refractivity contribution in [2.24, 2.45) is 0 Å². The van der Waals surface area contributed by atoms with Crippen LogP contribution in [-0.4, -0.2) is 15.0 Å². The van der Waals surface area contributed by atoms with Gasteiger partial charge in [-0.25, -0.2) is 12.8 Å². The molecule has 6 heteroatoms. The van der Waals surface area contributed by atoms with E-state index in [1.807, 2.05) is 0 Å². The highest BCUT2D eigenvalue weighted by atomic mass is 32.2. The number of anilines is 2. The van der Waals surface area contributed by atoms with Gasteiger partial charge in [-0.05, 0) is 55.2 Å². The number of benzene rings is 2. The van der Waals surface area contributed by atoms with Gasteiger partial charge < -0.3 is 5.73 Å². The van der Waals surface area contributed by atoms with Gasteiger partial charge in [-0.2, -0.15) is 0 Å². The van der Waals surface area contributed by atoms with Gasteiger partial charge in [0, 0.05) is 12.2 Å². The molecule has 0 radical (unpaired) electrons. The van der Waals surface area contributed by atoms with Gasteiger partial charge in [-0.1, -0.05) is 12.1 Å². The molecule has 2 aromatic rings. The van der Waals surface area contributed by atoms with Gasteiger partial charge in [0.1, 0.15) is 10.7 Å². The van der Waals surface area contributed by atoms with Crippen LogP contribution >= 0.6 is 0 Å². The Hall–Kier alpha value is -2.08. The number of aryl methyl sites for hydroxylation is 1. The zero-order chi connectivity index (χ0) is 15.9. The quantitative estimate of drug-likeness (QED) is 0.866. The Morgan fingerprint density at radius 3 is 2.77 bits per heavy atom. The van der Waals surface area contributed by atoms with Gasteiger partial charge in [0.05, 0.1) is 5.69 Å². The lowest BCUT2D eigenvalue weighted by Crippen LogP contribution is -2.36. The smallest absolute Gasteiger partial charge is 0.267 e. The van der Waals surface area contributed by atoms with E-state index in [2.05, 4.69) is 0 Å². The number of halogens is 1. The predicted molar refractivity (Wildman–Crippen MR) is 84.8 cm³/mol. The first-order valence-corrected chi connectivity index (χ1v) is 8.51. The van der Waals surface area contributed by atoms with Crippen LogP contribution in [0.3, 0.4) is 0 Å². The van der Waals surface area contributed by atoms with Gasteiger partial charge in [-0.15, -0.1) is 0 Å². The van der Waals surface area contributed by atoms with Gasteiger partial charge in [-0.3, -0.25) is 4.31 Å². The highest BCUT2D eigenvalue weighted by Crippen LogP contribution is 2.35. The summed E-state index contributed by atoms with van der Waals surface area (Å²) in [6.07, 6.45) is 1.39. The molecular formula is C16H17FN2O2S. The summed E-state index contributed by atoms with van der Waals surface area (Å²) in [4.78, 5) is -0.289. The summed E-state index contributed by atoms with van der Waals surface area (Å²) in [6.45, 7) is 2.06. The largest absolute Gasteiger partial charge is 0.398 e. The molecule has 3 rings (SSSR count). The number of hydrogen-bond acceptors (Lipinski definition) is 3. The molecule has 1 aliphatic rings. The highest BCUT2D eigenvalue weighted by Gasteiger charge is 2.31. The molecule has 2 N–H and O–H groups in total. The maximum Gasteiger partial charge on any atom is 0.267 e. The van der Waals surface area contributed by atoms with E-state index in [-0.39, 0.29) is 4.90 Å². The summed E-state index contributed by atoms with van der Waals surface area (Å²) < 4.78 is 41.1. The maximum absolute atomic E-state index is 14.0. The number of nitrogen functional groups attached to an aromatic ring is 1. The summed E-state index contributed by atoms with van der Waals surface area (Å²) in [5.74, 6) is -0.735. The van der Waals surface area contributed by atoms with Crippen LogP contribution in [0.4, 0.5) is 15.8 Å². The standard InChI is InChI=1S/C16H17FN2O2S/c1-11-7-8-13(17)16(10-11)22(20,21)19-9-3-4-12-14(18)5-2-6-15(12)19/h2,5-8,10H,3-4,9,18H2,1H3. The summed E-state index contributed by atoms with van der Waals surface area (Å²) in [5, 5.41) is 0. The summed E-state index contributed by atoms with van der Waals surface area (Å²) in [5.41, 5.74) is 8.57. The monoisotopic (exact) mass is 320 g/mol. The van der Waals surface area contributed by atoms with E-state index >= 15 is 0 Å². The van der Waals surface area contributed by atoms with Crippen LogP contribution in [-0.2, 0) is 16.4 Å². The second-order valence-electron chi connectivity index (χ2n) is 5.46. The van der Waals surface area contributed by atoms with Crippen LogP contribution in [0.2, 0.25) is 0 Å². The van der Waals surface area contributed by atoms with Crippen molar-refractivity contribution in [1.29, 1.82) is 0 Å². The Morgan fingerprint density at radius 1 is 1.23 bits per heavy atom. The summed E-state index contributed by atoms with van der Waals surface area (Å²) in [7, 11) is -3.94. The van der Waals surface area contributed by atoms with Crippen molar-refractivity contribution >= 4 is 21.4 Å². The van der Waals surface area contributed by atoms with Gasteiger partial charge in [0.25, 0.3) is 10.0 Å². The van der Waals surface area contributed by atoms with Crippen molar-refractivity contribution in [3.8, 4) is 0 Å². The lowest BCUT2D eigenvalue weighted by Gasteiger charge is -2.31. The van der Waals surface area contributed by atoms with E-state index in [0.29, 0.717) is 29.9 Å². The van der Waals surface area contributed by atoms with E-state index in [0.717, 1.165) is 12.0 Å². The molecule has 0 fully saturated rings. The first-order valence-electron chi connectivity index (χ1n) is 7.07. The Labute approximate surface area is 129 Å². The van der Waals surface area contributed by atoms with Crippen molar-refractivity contribution in [3.63, 3.8) is 0 Å². The van der Waals surface area contributed by atoms with Crippen LogP contribution in [0.1, 0.15) is 17.5 Å². The SMILES string of the molecule is Cc1ccc(F)c(S(=O)(=O)N2CCCc3c(N)cccc32)c1. The Bertz CT molecular complexity index is 834. The predicted octanol–water partition coefficient (Wildman–Crippen LogP) is 2.86. The number of hydrogen-bond donors (Lipinski definition) is 1. The van der Waals surface area contributed by atoms with Crippen molar-refractivity contribution in [2.45, 2.75) is 24.7 Å². The molecule has 0 saturated heterocycles. The van der Waals surface area contributed by atoms with Gasteiger partial charge in [0.2, 0.25) is 0 Å². The molecule has 0 unspecified atom stereocenters. The van der Waals surface area contributed by atoms with Crippen molar-refractivity contribution < 1.29 is 12.8 Å². The third-order valence-corrected chi connectivity index (χ3v) is 5.73. The fourth-order valence-corrected chi connectivity index (χ4v) is 4.48. The fraction of sp³-hybridized carbons (Fsp3) is 0.250. The second-order valence-corrected chi connectivity index (χ2v) is 7.29. The molecular weight excluding hydrogens is 303 g/mol. The number of fused-ring (bicyclic) bond motifs is 1. The van der Waals surface area contributed by atoms with Gasteiger partial charge >= 0.3 is 0 Å². The molecule has 0 bridgehead atoms. The number of rotatable bonds is 2. The number of nitrogens with zero attached hydrogens (tertiary/aromatic N) is 1. The molecule has 1 aliphatic heterocycles. The zero-order valence-electron chi connectivity index (χ0n) is 12.2. The lowest BCUT2D eigenvalue weighted by atomic mass is 10.0. The second kappa shape index (κ2) is 5.28. The minimum atomic E-state index is -3.94. The van der Waals surface area contributed by atoms with Crippen LogP contribution in [0.15, 0.2) is 41.3 Å². The molecule has 0 saturated carbocycles. The lowest BCUT2D eigenvalue weighted by molar-refractivity contribution is 0.560. The zero-order valence-corrected chi connectivity index (χ0v) is 13.0. The molecule has 0 atom stereocenters. The number of sulfonamides is 1. The molecule has 0 spiro atoms. The first kappa shape index (κ1) is 14.8. The average molecular weight is 320 g/mol. The van der Waals surface area contributed by atoms with Crippen LogP contribution in [0.25, 0.3) is 0 Å². The van der Waals surface area contributed by atoms with Gasteiger partial charge in [0.15, 0.2) is 0 Å². The molecule has 0 aromatic heterocycles. The average Bonchev–Trinajstić information content (AvgIpc) is 2.49. The van der Waals surface area contributed by atoms with Crippen LogP contribution in [0, 0.1) is 12.7 Å². The van der Waals surface area contributed by atoms with Crippen LogP contribution < -0.4 is 10.0 Å². The normalized spacial score (nSPS) is 14.7. The van der Waals surface area contributed by atoms with E-state index < -0.39 is 15.8 Å². The molecule has 2 aromatic carbocycles. The Kier molecular flexibility index (Phi) is 3.56. The third kappa shape index (κ3) is 2.33. The summed E-state index contributed by atoms with van der Waals surface area (Å²) in [6, 6.07) is 9.29. The maximum atomic E-state index is 14.0. The van der Waals surface area contributed by atoms with E-state index in [1.54, 1.807) is 31.2 Å². The topological polar surface area (TPSA) is 63.4 Å². The van der Waals surface area contributed by atoms with Crippen LogP contribution in [0.5, 0.6) is 0 Å². The molecule has 22 heavy (non-hydrogen) atoms. The summed E-state index contributed by atoms with van der Waals surface area (Å²) >= 11 is 0.